The third-order valence-electron chi connectivity index (χ3n) is 3.31. The number of carbonyl (C=O) groups is 1. The summed E-state index contributed by atoms with van der Waals surface area (Å²) < 4.78 is 34.7. The first-order valence-corrected chi connectivity index (χ1v) is 7.65. The highest BCUT2D eigenvalue weighted by atomic mass is 35.5. The molecule has 0 fully saturated rings. The van der Waals surface area contributed by atoms with Crippen molar-refractivity contribution in [1.29, 1.82) is 0 Å². The van der Waals surface area contributed by atoms with Crippen LogP contribution in [0.25, 0.3) is 6.08 Å². The fraction of sp³-hybridized carbons (Fsp3) is 0.167. The predicted molar refractivity (Wildman–Crippen MR) is 93.5 cm³/mol. The smallest absolute Gasteiger partial charge is 0.387 e. The Morgan fingerprint density at radius 1 is 1.28 bits per heavy atom. The molecule has 132 valence electrons. The van der Waals surface area contributed by atoms with Crippen LogP contribution in [0.2, 0.25) is 5.02 Å². The van der Waals surface area contributed by atoms with Gasteiger partial charge in [0, 0.05) is 22.3 Å². The number of rotatable bonds is 6. The van der Waals surface area contributed by atoms with Crippen LogP contribution in [0.5, 0.6) is 11.5 Å². The van der Waals surface area contributed by atoms with E-state index in [1.165, 1.54) is 31.4 Å². The van der Waals surface area contributed by atoms with Crippen LogP contribution in [0.1, 0.15) is 11.1 Å². The highest BCUT2D eigenvalue weighted by Gasteiger charge is 2.14. The summed E-state index contributed by atoms with van der Waals surface area (Å²) in [6.07, 6.45) is 2.59. The number of amides is 1. The highest BCUT2D eigenvalue weighted by molar-refractivity contribution is 6.31. The highest BCUT2D eigenvalue weighted by Crippen LogP contribution is 2.33. The number of aryl methyl sites for hydroxylation is 1. The molecule has 25 heavy (non-hydrogen) atoms. The summed E-state index contributed by atoms with van der Waals surface area (Å²) >= 11 is 5.91. The Hall–Kier alpha value is -2.60. The van der Waals surface area contributed by atoms with Gasteiger partial charge in [0.25, 0.3) is 0 Å². The number of halogens is 3. The molecule has 0 spiro atoms. The summed E-state index contributed by atoms with van der Waals surface area (Å²) in [4.78, 5) is 12.1. The summed E-state index contributed by atoms with van der Waals surface area (Å²) in [5, 5.41) is 3.17. The summed E-state index contributed by atoms with van der Waals surface area (Å²) in [6.45, 7) is -1.18. The second-order valence-electron chi connectivity index (χ2n) is 5.04. The van der Waals surface area contributed by atoms with Crippen molar-refractivity contribution in [3.63, 3.8) is 0 Å². The van der Waals surface area contributed by atoms with E-state index in [9.17, 15) is 13.6 Å². The second-order valence-corrected chi connectivity index (χ2v) is 5.48. The maximum atomic E-state index is 12.6. The van der Waals surface area contributed by atoms with Gasteiger partial charge in [0.05, 0.1) is 7.11 Å². The first-order chi connectivity index (χ1) is 11.9. The molecule has 2 aromatic carbocycles. The molecule has 0 saturated carbocycles. The van der Waals surface area contributed by atoms with Gasteiger partial charge in [-0.2, -0.15) is 8.78 Å². The molecule has 2 rings (SSSR count). The van der Waals surface area contributed by atoms with Gasteiger partial charge in [-0.1, -0.05) is 29.8 Å². The lowest BCUT2D eigenvalue weighted by Crippen LogP contribution is -2.09. The Morgan fingerprint density at radius 2 is 2.04 bits per heavy atom. The van der Waals surface area contributed by atoms with Crippen molar-refractivity contribution in [2.45, 2.75) is 13.5 Å². The molecule has 0 aliphatic heterocycles. The fourth-order valence-electron chi connectivity index (χ4n) is 2.11. The molecule has 0 atom stereocenters. The first kappa shape index (κ1) is 18.7. The minimum absolute atomic E-state index is 0.136. The van der Waals surface area contributed by atoms with Crippen LogP contribution in [0.3, 0.4) is 0 Å². The normalized spacial score (nSPS) is 11.0. The number of para-hydroxylation sites is 1. The van der Waals surface area contributed by atoms with E-state index >= 15 is 0 Å². The number of hydrogen-bond acceptors (Lipinski definition) is 3. The number of carbonyl (C=O) groups excluding carboxylic acids is 1. The Labute approximate surface area is 149 Å². The topological polar surface area (TPSA) is 47.6 Å². The zero-order valence-electron chi connectivity index (χ0n) is 13.6. The van der Waals surface area contributed by atoms with Crippen molar-refractivity contribution < 1.29 is 23.0 Å². The van der Waals surface area contributed by atoms with E-state index in [-0.39, 0.29) is 17.1 Å². The van der Waals surface area contributed by atoms with Crippen LogP contribution in [-0.2, 0) is 4.79 Å². The Kier molecular flexibility index (Phi) is 6.36. The summed E-state index contributed by atoms with van der Waals surface area (Å²) in [7, 11) is 1.34. The van der Waals surface area contributed by atoms with Crippen molar-refractivity contribution in [3.8, 4) is 11.5 Å². The number of benzene rings is 2. The van der Waals surface area contributed by atoms with Crippen LogP contribution in [0, 0.1) is 6.92 Å². The van der Waals surface area contributed by atoms with Gasteiger partial charge in [0.2, 0.25) is 5.91 Å². The van der Waals surface area contributed by atoms with E-state index in [1.807, 2.05) is 6.92 Å². The summed E-state index contributed by atoms with van der Waals surface area (Å²) in [5.74, 6) is -0.423. The van der Waals surface area contributed by atoms with Gasteiger partial charge in [0.1, 0.15) is 0 Å². The average molecular weight is 368 g/mol. The molecule has 2 aromatic rings. The monoisotopic (exact) mass is 367 g/mol. The van der Waals surface area contributed by atoms with Crippen LogP contribution in [0.4, 0.5) is 14.5 Å². The molecule has 0 saturated heterocycles. The molecular weight excluding hydrogens is 352 g/mol. The predicted octanol–water partition coefficient (Wildman–Crippen LogP) is 4.91. The maximum Gasteiger partial charge on any atom is 0.387 e. The Morgan fingerprint density at radius 3 is 2.72 bits per heavy atom. The number of methoxy groups -OCH3 is 1. The Bertz CT molecular complexity index is 794. The average Bonchev–Trinajstić information content (AvgIpc) is 2.56. The van der Waals surface area contributed by atoms with Gasteiger partial charge in [-0.15, -0.1) is 0 Å². The molecule has 0 radical (unpaired) electrons. The van der Waals surface area contributed by atoms with Crippen molar-refractivity contribution in [2.24, 2.45) is 0 Å². The van der Waals surface area contributed by atoms with Gasteiger partial charge >= 0.3 is 6.61 Å². The van der Waals surface area contributed by atoms with Gasteiger partial charge in [0.15, 0.2) is 11.5 Å². The van der Waals surface area contributed by atoms with Crippen molar-refractivity contribution >= 4 is 29.3 Å². The van der Waals surface area contributed by atoms with Gasteiger partial charge in [-0.05, 0) is 36.8 Å². The SMILES string of the molecule is COc1cccc(/C=C/C(=O)Nc2cc(Cl)ccc2C)c1OC(F)F. The van der Waals surface area contributed by atoms with Crippen LogP contribution in [0.15, 0.2) is 42.5 Å². The third kappa shape index (κ3) is 5.19. The Balaban J connectivity index is 2.20. The van der Waals surface area contributed by atoms with E-state index < -0.39 is 12.5 Å². The molecule has 0 aliphatic rings. The molecule has 0 heterocycles. The lowest BCUT2D eigenvalue weighted by atomic mass is 10.1. The zero-order chi connectivity index (χ0) is 18.4. The molecule has 1 amide bonds. The molecule has 0 unspecified atom stereocenters. The quantitative estimate of drug-likeness (QED) is 0.738. The van der Waals surface area contributed by atoms with Crippen LogP contribution < -0.4 is 14.8 Å². The lowest BCUT2D eigenvalue weighted by molar-refractivity contribution is -0.111. The number of hydrogen-bond donors (Lipinski definition) is 1. The number of ether oxygens (including phenoxy) is 2. The standard InChI is InChI=1S/C18H16ClF2NO3/c1-11-6-8-13(19)10-14(11)22-16(23)9-7-12-4-3-5-15(24-2)17(12)25-18(20)21/h3-10,18H,1-2H3,(H,22,23)/b9-7+. The van der Waals surface area contributed by atoms with Crippen LogP contribution in [-0.4, -0.2) is 19.6 Å². The number of nitrogens with one attached hydrogen (secondary N) is 1. The van der Waals surface area contributed by atoms with Crippen molar-refractivity contribution in [3.05, 3.63) is 58.6 Å². The van der Waals surface area contributed by atoms with Gasteiger partial charge in [-0.25, -0.2) is 0 Å². The molecule has 4 nitrogen and oxygen atoms in total. The second kappa shape index (κ2) is 8.48. The number of alkyl halides is 2. The van der Waals surface area contributed by atoms with E-state index in [0.717, 1.165) is 5.56 Å². The van der Waals surface area contributed by atoms with Gasteiger partial charge in [-0.3, -0.25) is 4.79 Å². The molecule has 1 N–H and O–H groups in total. The van der Waals surface area contributed by atoms with Crippen molar-refractivity contribution in [2.75, 3.05) is 12.4 Å². The fourth-order valence-corrected chi connectivity index (χ4v) is 2.28. The first-order valence-electron chi connectivity index (χ1n) is 7.27. The molecule has 0 aliphatic carbocycles. The van der Waals surface area contributed by atoms with E-state index in [1.54, 1.807) is 24.3 Å². The minimum Gasteiger partial charge on any atom is -0.493 e. The maximum absolute atomic E-state index is 12.6. The molecule has 0 bridgehead atoms. The van der Waals surface area contributed by atoms with E-state index in [0.29, 0.717) is 10.7 Å². The minimum atomic E-state index is -3.01. The van der Waals surface area contributed by atoms with Crippen LogP contribution >= 0.6 is 11.6 Å². The third-order valence-corrected chi connectivity index (χ3v) is 3.54. The summed E-state index contributed by atoms with van der Waals surface area (Å²) in [6, 6.07) is 9.75. The summed E-state index contributed by atoms with van der Waals surface area (Å²) in [5.41, 5.74) is 1.70. The molecule has 0 aromatic heterocycles. The van der Waals surface area contributed by atoms with Crippen molar-refractivity contribution in [1.82, 2.24) is 0 Å². The van der Waals surface area contributed by atoms with Gasteiger partial charge < -0.3 is 14.8 Å². The molecule has 7 heteroatoms. The van der Waals surface area contributed by atoms with E-state index in [2.05, 4.69) is 10.1 Å². The largest absolute Gasteiger partial charge is 0.493 e. The zero-order valence-corrected chi connectivity index (χ0v) is 14.3. The lowest BCUT2D eigenvalue weighted by Gasteiger charge is -2.12. The van der Waals surface area contributed by atoms with E-state index in [4.69, 9.17) is 16.3 Å². The number of anilines is 1. The molecular formula is C18H16ClF2NO3.